The second-order valence-electron chi connectivity index (χ2n) is 7.18. The highest BCUT2D eigenvalue weighted by Gasteiger charge is 2.33. The van der Waals surface area contributed by atoms with Gasteiger partial charge in [-0.3, -0.25) is 4.79 Å². The molecule has 0 unspecified atom stereocenters. The Hall–Kier alpha value is -3.04. The molecule has 0 bridgehead atoms. The molecular formula is C21H19ClFN5O2S. The number of aromatic nitrogens is 2. The van der Waals surface area contributed by atoms with E-state index in [-0.39, 0.29) is 28.0 Å². The first-order chi connectivity index (χ1) is 14.9. The summed E-state index contributed by atoms with van der Waals surface area (Å²) in [5.41, 5.74) is 2.17. The first kappa shape index (κ1) is 21.2. The lowest BCUT2D eigenvalue weighted by molar-refractivity contribution is 0.102. The molecule has 31 heavy (non-hydrogen) atoms. The first-order valence-electron chi connectivity index (χ1n) is 9.65. The SMILES string of the molecule is Cc1ccc(NC(=O)c2nnc([C@H]3CCCN3C(=O)Nc3ccc(F)c(Cl)c3)s2)cc1. The molecule has 1 aliphatic heterocycles. The van der Waals surface area contributed by atoms with Crippen molar-refractivity contribution in [2.24, 2.45) is 0 Å². The van der Waals surface area contributed by atoms with Gasteiger partial charge in [0.25, 0.3) is 5.91 Å². The zero-order valence-corrected chi connectivity index (χ0v) is 18.1. The van der Waals surface area contributed by atoms with Crippen LogP contribution in [0.3, 0.4) is 0 Å². The van der Waals surface area contributed by atoms with Crippen LogP contribution in [0.1, 0.15) is 39.3 Å². The summed E-state index contributed by atoms with van der Waals surface area (Å²) in [6.45, 7) is 2.51. The summed E-state index contributed by atoms with van der Waals surface area (Å²) in [7, 11) is 0. The molecule has 3 amide bonds. The second kappa shape index (κ2) is 8.99. The number of carbonyl (C=O) groups is 2. The van der Waals surface area contributed by atoms with E-state index in [1.165, 1.54) is 29.5 Å². The van der Waals surface area contributed by atoms with Crippen molar-refractivity contribution < 1.29 is 14.0 Å². The van der Waals surface area contributed by atoms with Crippen molar-refractivity contribution in [3.8, 4) is 0 Å². The molecule has 0 saturated carbocycles. The Labute approximate surface area is 187 Å². The smallest absolute Gasteiger partial charge is 0.320 e. The summed E-state index contributed by atoms with van der Waals surface area (Å²) in [5.74, 6) is -0.897. The highest BCUT2D eigenvalue weighted by Crippen LogP contribution is 2.34. The number of rotatable bonds is 4. The molecule has 1 aromatic heterocycles. The molecule has 1 atom stereocenters. The van der Waals surface area contributed by atoms with Crippen LogP contribution in [0.25, 0.3) is 0 Å². The molecule has 160 valence electrons. The van der Waals surface area contributed by atoms with Crippen LogP contribution in [0.15, 0.2) is 42.5 Å². The van der Waals surface area contributed by atoms with Crippen molar-refractivity contribution in [1.29, 1.82) is 0 Å². The summed E-state index contributed by atoms with van der Waals surface area (Å²) >= 11 is 6.95. The lowest BCUT2D eigenvalue weighted by Gasteiger charge is -2.23. The number of amides is 3. The fourth-order valence-electron chi connectivity index (χ4n) is 3.32. The monoisotopic (exact) mass is 459 g/mol. The molecular weight excluding hydrogens is 441 g/mol. The van der Waals surface area contributed by atoms with Gasteiger partial charge in [0.2, 0.25) is 5.01 Å². The molecule has 4 rings (SSSR count). The average Bonchev–Trinajstić information content (AvgIpc) is 3.42. The standard InChI is InChI=1S/C21H19ClFN5O2S/c1-12-4-6-13(7-5-12)24-18(29)20-27-26-19(31-20)17-3-2-10-28(17)21(30)25-14-8-9-16(23)15(22)11-14/h4-9,11,17H,2-3,10H2,1H3,(H,24,29)(H,25,30)/t17-/m1/s1. The molecule has 2 N–H and O–H groups in total. The molecule has 2 heterocycles. The summed E-state index contributed by atoms with van der Waals surface area (Å²) < 4.78 is 13.3. The molecule has 0 radical (unpaired) electrons. The third kappa shape index (κ3) is 4.83. The van der Waals surface area contributed by atoms with Gasteiger partial charge in [-0.1, -0.05) is 40.6 Å². The number of hydrogen-bond donors (Lipinski definition) is 2. The van der Waals surface area contributed by atoms with Gasteiger partial charge in [-0.05, 0) is 50.1 Å². The molecule has 1 saturated heterocycles. The van der Waals surface area contributed by atoms with Crippen molar-refractivity contribution in [1.82, 2.24) is 15.1 Å². The van der Waals surface area contributed by atoms with Gasteiger partial charge >= 0.3 is 6.03 Å². The quantitative estimate of drug-likeness (QED) is 0.557. The van der Waals surface area contributed by atoms with Crippen LogP contribution in [0, 0.1) is 12.7 Å². The number of urea groups is 1. The van der Waals surface area contributed by atoms with Crippen molar-refractivity contribution in [2.45, 2.75) is 25.8 Å². The van der Waals surface area contributed by atoms with Gasteiger partial charge in [0.1, 0.15) is 10.8 Å². The van der Waals surface area contributed by atoms with E-state index in [0.717, 1.165) is 12.0 Å². The largest absolute Gasteiger partial charge is 0.322 e. The Morgan fingerprint density at radius 2 is 1.87 bits per heavy atom. The van der Waals surface area contributed by atoms with E-state index in [4.69, 9.17) is 11.6 Å². The number of nitrogens with zero attached hydrogens (tertiary/aromatic N) is 3. The number of anilines is 2. The van der Waals surface area contributed by atoms with E-state index in [2.05, 4.69) is 20.8 Å². The van der Waals surface area contributed by atoms with Crippen molar-refractivity contribution in [3.63, 3.8) is 0 Å². The van der Waals surface area contributed by atoms with E-state index in [0.29, 0.717) is 29.3 Å². The predicted molar refractivity (Wildman–Crippen MR) is 118 cm³/mol. The molecule has 7 nitrogen and oxygen atoms in total. The first-order valence-corrected chi connectivity index (χ1v) is 10.8. The van der Waals surface area contributed by atoms with Crippen molar-refractivity contribution >= 4 is 46.3 Å². The maximum Gasteiger partial charge on any atom is 0.322 e. The van der Waals surface area contributed by atoms with E-state index >= 15 is 0 Å². The van der Waals surface area contributed by atoms with Gasteiger partial charge in [0, 0.05) is 17.9 Å². The van der Waals surface area contributed by atoms with Gasteiger partial charge in [0.15, 0.2) is 0 Å². The third-order valence-electron chi connectivity index (χ3n) is 4.91. The van der Waals surface area contributed by atoms with E-state index < -0.39 is 5.82 Å². The third-order valence-corrected chi connectivity index (χ3v) is 6.23. The van der Waals surface area contributed by atoms with Crippen molar-refractivity contribution in [2.75, 3.05) is 17.2 Å². The van der Waals surface area contributed by atoms with E-state index in [1.807, 2.05) is 31.2 Å². The van der Waals surface area contributed by atoms with Crippen molar-refractivity contribution in [3.05, 3.63) is 68.9 Å². The molecule has 0 spiro atoms. The predicted octanol–water partition coefficient (Wildman–Crippen LogP) is 5.26. The maximum atomic E-state index is 13.3. The summed E-state index contributed by atoms with van der Waals surface area (Å²) in [6.07, 6.45) is 1.51. The minimum absolute atomic E-state index is 0.0656. The normalized spacial score (nSPS) is 15.7. The minimum Gasteiger partial charge on any atom is -0.320 e. The zero-order valence-electron chi connectivity index (χ0n) is 16.6. The van der Waals surface area contributed by atoms with Gasteiger partial charge in [-0.25, -0.2) is 9.18 Å². The number of benzene rings is 2. The van der Waals surface area contributed by atoms with Gasteiger partial charge in [-0.2, -0.15) is 0 Å². The van der Waals surface area contributed by atoms with Gasteiger partial charge < -0.3 is 15.5 Å². The Morgan fingerprint density at radius 1 is 1.13 bits per heavy atom. The van der Waals surface area contributed by atoms with E-state index in [9.17, 15) is 14.0 Å². The lowest BCUT2D eigenvalue weighted by Crippen LogP contribution is -2.34. The molecule has 0 aliphatic carbocycles. The molecule has 2 aromatic carbocycles. The summed E-state index contributed by atoms with van der Waals surface area (Å²) in [5, 5.41) is 14.5. The minimum atomic E-state index is -0.552. The lowest BCUT2D eigenvalue weighted by atomic mass is 10.2. The highest BCUT2D eigenvalue weighted by atomic mass is 35.5. The molecule has 1 fully saturated rings. The fourth-order valence-corrected chi connectivity index (χ4v) is 4.38. The van der Waals surface area contributed by atoms with E-state index in [1.54, 1.807) is 4.90 Å². The Kier molecular flexibility index (Phi) is 6.15. The van der Waals surface area contributed by atoms with Gasteiger partial charge in [0.05, 0.1) is 11.1 Å². The summed E-state index contributed by atoms with van der Waals surface area (Å²) in [4.78, 5) is 26.9. The highest BCUT2D eigenvalue weighted by molar-refractivity contribution is 7.13. The maximum absolute atomic E-state index is 13.3. The van der Waals surface area contributed by atoms with Crippen LogP contribution in [0.5, 0.6) is 0 Å². The Morgan fingerprint density at radius 3 is 2.61 bits per heavy atom. The Bertz CT molecular complexity index is 1120. The van der Waals surface area contributed by atoms with Crippen LogP contribution in [0.4, 0.5) is 20.6 Å². The Balaban J connectivity index is 1.44. The second-order valence-corrected chi connectivity index (χ2v) is 8.59. The molecule has 3 aromatic rings. The van der Waals surface area contributed by atoms with Crippen LogP contribution < -0.4 is 10.6 Å². The number of hydrogen-bond acceptors (Lipinski definition) is 5. The number of halogens is 2. The number of carbonyl (C=O) groups excluding carboxylic acids is 2. The number of nitrogens with one attached hydrogen (secondary N) is 2. The van der Waals surface area contributed by atoms with Crippen LogP contribution >= 0.6 is 22.9 Å². The van der Waals surface area contributed by atoms with Crippen LogP contribution in [-0.4, -0.2) is 33.6 Å². The average molecular weight is 460 g/mol. The van der Waals surface area contributed by atoms with Crippen LogP contribution in [-0.2, 0) is 0 Å². The zero-order chi connectivity index (χ0) is 22.0. The number of aryl methyl sites for hydroxylation is 1. The topological polar surface area (TPSA) is 87.2 Å². The fraction of sp³-hybridized carbons (Fsp3) is 0.238. The molecule has 10 heteroatoms. The van der Waals surface area contributed by atoms with Gasteiger partial charge in [-0.15, -0.1) is 10.2 Å². The number of likely N-dealkylation sites (tertiary alicyclic amines) is 1. The van der Waals surface area contributed by atoms with Crippen LogP contribution in [0.2, 0.25) is 5.02 Å². The molecule has 1 aliphatic rings. The summed E-state index contributed by atoms with van der Waals surface area (Å²) in [6, 6.07) is 10.8.